The smallest absolute Gasteiger partial charge is 0.141 e. The fourth-order valence-corrected chi connectivity index (χ4v) is 5.08. The second kappa shape index (κ2) is 7.03. The Labute approximate surface area is 157 Å². The first-order valence-electron chi connectivity index (χ1n) is 9.74. The Morgan fingerprint density at radius 2 is 1.89 bits per heavy atom. The number of hydrogen-bond donors (Lipinski definition) is 0. The van der Waals surface area contributed by atoms with E-state index in [4.69, 9.17) is 5.26 Å². The average molecular weight is 369 g/mol. The van der Waals surface area contributed by atoms with E-state index in [2.05, 4.69) is 6.92 Å². The number of nitriles is 1. The lowest BCUT2D eigenvalue weighted by molar-refractivity contribution is 0.204. The number of fused-ring (bicyclic) bond motifs is 3. The van der Waals surface area contributed by atoms with E-state index in [-0.39, 0.29) is 22.6 Å². The predicted molar refractivity (Wildman–Crippen MR) is 98.7 cm³/mol. The lowest BCUT2D eigenvalue weighted by Crippen LogP contribution is -2.28. The van der Waals surface area contributed by atoms with Crippen LogP contribution in [0.25, 0.3) is 11.1 Å². The van der Waals surface area contributed by atoms with Crippen molar-refractivity contribution in [2.24, 2.45) is 11.8 Å². The van der Waals surface area contributed by atoms with Gasteiger partial charge in [0.2, 0.25) is 0 Å². The highest BCUT2D eigenvalue weighted by atomic mass is 19.1. The molecule has 0 bridgehead atoms. The van der Waals surface area contributed by atoms with E-state index in [1.54, 1.807) is 6.07 Å². The number of rotatable bonds is 2. The molecule has 4 rings (SSSR count). The summed E-state index contributed by atoms with van der Waals surface area (Å²) in [7, 11) is 0. The molecule has 0 heterocycles. The third kappa shape index (κ3) is 3.04. The van der Waals surface area contributed by atoms with E-state index in [0.717, 1.165) is 43.2 Å². The van der Waals surface area contributed by atoms with Gasteiger partial charge in [0.1, 0.15) is 23.5 Å². The number of hydrogen-bond acceptors (Lipinski definition) is 1. The molecule has 140 valence electrons. The maximum Gasteiger partial charge on any atom is 0.141 e. The van der Waals surface area contributed by atoms with E-state index < -0.39 is 17.5 Å². The Morgan fingerprint density at radius 3 is 2.59 bits per heavy atom. The highest BCUT2D eigenvalue weighted by Gasteiger charge is 2.37. The van der Waals surface area contributed by atoms with Gasteiger partial charge < -0.3 is 0 Å². The van der Waals surface area contributed by atoms with Crippen LogP contribution >= 0.6 is 0 Å². The van der Waals surface area contributed by atoms with Gasteiger partial charge in [-0.05, 0) is 84.7 Å². The minimum atomic E-state index is -0.760. The van der Waals surface area contributed by atoms with Crippen molar-refractivity contribution in [2.75, 3.05) is 0 Å². The van der Waals surface area contributed by atoms with Gasteiger partial charge in [0, 0.05) is 0 Å². The molecule has 0 aromatic heterocycles. The summed E-state index contributed by atoms with van der Waals surface area (Å²) in [6.07, 6.45) is 5.94. The van der Waals surface area contributed by atoms with Crippen LogP contribution in [0.2, 0.25) is 0 Å². The van der Waals surface area contributed by atoms with Gasteiger partial charge in [-0.2, -0.15) is 5.26 Å². The maximum absolute atomic E-state index is 15.3. The normalized spacial score (nSPS) is 24.0. The van der Waals surface area contributed by atoms with Crippen molar-refractivity contribution in [3.05, 3.63) is 58.4 Å². The van der Waals surface area contributed by atoms with E-state index in [1.807, 2.05) is 0 Å². The third-order valence-electron chi connectivity index (χ3n) is 6.57. The minimum Gasteiger partial charge on any atom is -0.206 e. The predicted octanol–water partition coefficient (Wildman–Crippen LogP) is 6.50. The lowest BCUT2D eigenvalue weighted by Gasteiger charge is -2.40. The molecule has 0 saturated heterocycles. The highest BCUT2D eigenvalue weighted by molar-refractivity contribution is 5.68. The van der Waals surface area contributed by atoms with Crippen LogP contribution in [0.15, 0.2) is 24.3 Å². The average Bonchev–Trinajstić information content (AvgIpc) is 2.67. The summed E-state index contributed by atoms with van der Waals surface area (Å²) in [5, 5.41) is 8.86. The first kappa shape index (κ1) is 18.1. The first-order valence-corrected chi connectivity index (χ1v) is 9.74. The summed E-state index contributed by atoms with van der Waals surface area (Å²) in [4.78, 5) is 0. The van der Waals surface area contributed by atoms with Gasteiger partial charge >= 0.3 is 0 Å². The molecule has 1 saturated carbocycles. The fraction of sp³-hybridized carbons (Fsp3) is 0.435. The van der Waals surface area contributed by atoms with Crippen LogP contribution in [0, 0.1) is 40.6 Å². The molecule has 0 amide bonds. The van der Waals surface area contributed by atoms with Crippen LogP contribution in [-0.2, 0) is 6.42 Å². The molecule has 2 aromatic carbocycles. The molecule has 1 fully saturated rings. The standard InChI is InChI=1S/C23H22F3N/c1-2-13-3-7-17-14(9-13)6-8-18-19(17)11-21(25)22(23(18)26)15-4-5-16(12-27)20(24)10-15/h4-5,10-11,13-14,17H,2-3,6-9H2,1H3. The van der Waals surface area contributed by atoms with E-state index in [1.165, 1.54) is 24.6 Å². The zero-order chi connectivity index (χ0) is 19.1. The van der Waals surface area contributed by atoms with E-state index in [0.29, 0.717) is 17.9 Å². The summed E-state index contributed by atoms with van der Waals surface area (Å²) in [6.45, 7) is 2.21. The molecule has 2 aliphatic rings. The quantitative estimate of drug-likeness (QED) is 0.593. The van der Waals surface area contributed by atoms with Gasteiger partial charge in [-0.15, -0.1) is 0 Å². The Balaban J connectivity index is 1.76. The monoisotopic (exact) mass is 369 g/mol. The fourth-order valence-electron chi connectivity index (χ4n) is 5.08. The van der Waals surface area contributed by atoms with E-state index in [9.17, 15) is 8.78 Å². The zero-order valence-electron chi connectivity index (χ0n) is 15.4. The molecule has 0 N–H and O–H groups in total. The largest absolute Gasteiger partial charge is 0.206 e. The van der Waals surface area contributed by atoms with Crippen LogP contribution in [-0.4, -0.2) is 0 Å². The molecule has 1 nitrogen and oxygen atoms in total. The molecule has 2 aliphatic carbocycles. The van der Waals surface area contributed by atoms with Crippen LogP contribution in [0.1, 0.15) is 61.6 Å². The number of halogens is 3. The molecule has 0 spiro atoms. The van der Waals surface area contributed by atoms with Gasteiger partial charge in [0.25, 0.3) is 0 Å². The van der Waals surface area contributed by atoms with Gasteiger partial charge in [-0.25, -0.2) is 13.2 Å². The van der Waals surface area contributed by atoms with Crippen molar-refractivity contribution >= 4 is 0 Å². The van der Waals surface area contributed by atoms with Crippen molar-refractivity contribution in [1.82, 2.24) is 0 Å². The van der Waals surface area contributed by atoms with Crippen LogP contribution in [0.3, 0.4) is 0 Å². The Hall–Kier alpha value is -2.28. The molecule has 3 unspecified atom stereocenters. The second-order valence-electron chi connectivity index (χ2n) is 7.91. The topological polar surface area (TPSA) is 23.8 Å². The summed E-state index contributed by atoms with van der Waals surface area (Å²) in [5.41, 5.74) is 1.23. The minimum absolute atomic E-state index is 0.131. The molecule has 4 heteroatoms. The molecular weight excluding hydrogens is 347 g/mol. The van der Waals surface area contributed by atoms with Gasteiger partial charge in [-0.3, -0.25) is 0 Å². The molecular formula is C23H22F3N. The number of nitrogens with zero attached hydrogens (tertiary/aromatic N) is 1. The summed E-state index contributed by atoms with van der Waals surface area (Å²) in [6, 6.07) is 6.93. The van der Waals surface area contributed by atoms with Crippen LogP contribution < -0.4 is 0 Å². The zero-order valence-corrected chi connectivity index (χ0v) is 15.4. The van der Waals surface area contributed by atoms with Crippen molar-refractivity contribution in [3.8, 4) is 17.2 Å². The Bertz CT molecular complexity index is 928. The maximum atomic E-state index is 15.3. The summed E-state index contributed by atoms with van der Waals surface area (Å²) >= 11 is 0. The van der Waals surface area contributed by atoms with Gasteiger partial charge in [0.05, 0.1) is 11.1 Å². The third-order valence-corrected chi connectivity index (χ3v) is 6.57. The summed E-state index contributed by atoms with van der Waals surface area (Å²) < 4.78 is 44.2. The van der Waals surface area contributed by atoms with Gasteiger partial charge in [0.15, 0.2) is 0 Å². The van der Waals surface area contributed by atoms with Crippen molar-refractivity contribution in [2.45, 2.75) is 51.4 Å². The molecule has 2 aromatic rings. The highest BCUT2D eigenvalue weighted by Crippen LogP contribution is 2.49. The molecule has 27 heavy (non-hydrogen) atoms. The SMILES string of the molecule is CCC1CCC2c3cc(F)c(-c4ccc(C#N)c(F)c4)c(F)c3CCC2C1. The van der Waals surface area contributed by atoms with Crippen LogP contribution in [0.5, 0.6) is 0 Å². The van der Waals surface area contributed by atoms with Crippen molar-refractivity contribution in [1.29, 1.82) is 5.26 Å². The lowest BCUT2D eigenvalue weighted by atomic mass is 9.64. The Morgan fingerprint density at radius 1 is 1.07 bits per heavy atom. The number of benzene rings is 2. The molecule has 0 aliphatic heterocycles. The van der Waals surface area contributed by atoms with Crippen molar-refractivity contribution in [3.63, 3.8) is 0 Å². The second-order valence-corrected chi connectivity index (χ2v) is 7.91. The Kier molecular flexibility index (Phi) is 4.72. The first-order chi connectivity index (χ1) is 13.0. The van der Waals surface area contributed by atoms with Gasteiger partial charge in [-0.1, -0.05) is 19.4 Å². The molecule has 0 radical (unpaired) electrons. The molecule has 3 atom stereocenters. The van der Waals surface area contributed by atoms with Crippen molar-refractivity contribution < 1.29 is 13.2 Å². The summed E-state index contributed by atoms with van der Waals surface area (Å²) in [5.74, 6) is -0.507. The van der Waals surface area contributed by atoms with E-state index >= 15 is 4.39 Å². The van der Waals surface area contributed by atoms with Crippen LogP contribution in [0.4, 0.5) is 13.2 Å².